The number of rotatable bonds is 2. The van der Waals surface area contributed by atoms with Gasteiger partial charge in [-0.05, 0) is 19.9 Å². The highest BCUT2D eigenvalue weighted by Gasteiger charge is 2.12. The van der Waals surface area contributed by atoms with Gasteiger partial charge in [0, 0.05) is 11.8 Å². The van der Waals surface area contributed by atoms with E-state index in [2.05, 4.69) is 20.2 Å². The first-order chi connectivity index (χ1) is 8.13. The van der Waals surface area contributed by atoms with Gasteiger partial charge < -0.3 is 10.9 Å². The molecule has 88 valence electrons. The number of nitrogens with two attached hydrogens (primary N) is 1. The molecule has 0 saturated carbocycles. The smallest absolute Gasteiger partial charge is 0.172 e. The first-order valence-electron chi connectivity index (χ1n) is 4.96. The van der Waals surface area contributed by atoms with Gasteiger partial charge in [-0.25, -0.2) is 9.67 Å². The molecule has 0 radical (unpaired) electrons. The molecular formula is C10H12N6O. The summed E-state index contributed by atoms with van der Waals surface area (Å²) in [5.41, 5.74) is 6.78. The number of hydrogen-bond acceptors (Lipinski definition) is 5. The molecule has 2 heterocycles. The Labute approximate surface area is 97.6 Å². The van der Waals surface area contributed by atoms with E-state index in [0.29, 0.717) is 22.9 Å². The van der Waals surface area contributed by atoms with E-state index in [1.807, 2.05) is 6.92 Å². The molecule has 0 atom stereocenters. The van der Waals surface area contributed by atoms with Gasteiger partial charge >= 0.3 is 0 Å². The maximum atomic E-state index is 8.73. The quantitative estimate of drug-likeness (QED) is 0.337. The van der Waals surface area contributed by atoms with E-state index in [4.69, 9.17) is 10.9 Å². The molecule has 0 fully saturated rings. The summed E-state index contributed by atoms with van der Waals surface area (Å²) in [5.74, 6) is 1.37. The van der Waals surface area contributed by atoms with Crippen LogP contribution >= 0.6 is 0 Å². The molecule has 0 amide bonds. The van der Waals surface area contributed by atoms with Gasteiger partial charge in [0.15, 0.2) is 5.84 Å². The van der Waals surface area contributed by atoms with Crippen LogP contribution in [0.4, 0.5) is 0 Å². The third-order valence-electron chi connectivity index (χ3n) is 2.29. The molecule has 0 aliphatic carbocycles. The Morgan fingerprint density at radius 3 is 2.82 bits per heavy atom. The van der Waals surface area contributed by atoms with Gasteiger partial charge in [-0.3, -0.25) is 4.98 Å². The van der Waals surface area contributed by atoms with Crippen molar-refractivity contribution in [3.05, 3.63) is 35.7 Å². The third-order valence-corrected chi connectivity index (χ3v) is 2.29. The molecule has 3 N–H and O–H groups in total. The summed E-state index contributed by atoms with van der Waals surface area (Å²) >= 11 is 0. The Balaban J connectivity index is 2.64. The van der Waals surface area contributed by atoms with Crippen molar-refractivity contribution in [3.63, 3.8) is 0 Å². The van der Waals surface area contributed by atoms with E-state index in [9.17, 15) is 0 Å². The minimum Gasteiger partial charge on any atom is -0.409 e. The van der Waals surface area contributed by atoms with E-state index < -0.39 is 0 Å². The molecule has 7 heteroatoms. The van der Waals surface area contributed by atoms with Crippen molar-refractivity contribution in [2.45, 2.75) is 13.8 Å². The maximum Gasteiger partial charge on any atom is 0.172 e. The second kappa shape index (κ2) is 4.20. The second-order valence-electron chi connectivity index (χ2n) is 3.50. The Bertz CT molecular complexity index is 574. The van der Waals surface area contributed by atoms with Gasteiger partial charge in [-0.2, -0.15) is 5.10 Å². The summed E-state index contributed by atoms with van der Waals surface area (Å²) in [6, 6.07) is 1.65. The molecule has 0 spiro atoms. The molecule has 17 heavy (non-hydrogen) atoms. The SMILES string of the molecule is Cc1nc(C)n(-c2cnccc2/C(N)=N/O)n1. The average molecular weight is 232 g/mol. The molecule has 0 aliphatic heterocycles. The van der Waals surface area contributed by atoms with Gasteiger partial charge in [0.2, 0.25) is 0 Å². The summed E-state index contributed by atoms with van der Waals surface area (Å²) in [7, 11) is 0. The lowest BCUT2D eigenvalue weighted by molar-refractivity contribution is 0.318. The third kappa shape index (κ3) is 1.94. The van der Waals surface area contributed by atoms with Crippen molar-refractivity contribution in [1.82, 2.24) is 19.7 Å². The maximum absolute atomic E-state index is 8.73. The highest BCUT2D eigenvalue weighted by atomic mass is 16.4. The first-order valence-corrected chi connectivity index (χ1v) is 4.96. The average Bonchev–Trinajstić information content (AvgIpc) is 2.67. The monoisotopic (exact) mass is 232 g/mol. The van der Waals surface area contributed by atoms with Crippen LogP contribution < -0.4 is 5.73 Å². The van der Waals surface area contributed by atoms with Gasteiger partial charge in [0.1, 0.15) is 11.6 Å². The molecule has 0 aliphatic rings. The molecular weight excluding hydrogens is 220 g/mol. The fourth-order valence-corrected chi connectivity index (χ4v) is 1.57. The number of oxime groups is 1. The van der Waals surface area contributed by atoms with Crippen LogP contribution in [0.15, 0.2) is 23.6 Å². The van der Waals surface area contributed by atoms with Crippen molar-refractivity contribution in [2.75, 3.05) is 0 Å². The Morgan fingerprint density at radius 1 is 1.47 bits per heavy atom. The fraction of sp³-hybridized carbons (Fsp3) is 0.200. The van der Waals surface area contributed by atoms with Gasteiger partial charge in [0.25, 0.3) is 0 Å². The number of pyridine rings is 1. The Kier molecular flexibility index (Phi) is 2.73. The Hall–Kier alpha value is -2.44. The zero-order valence-corrected chi connectivity index (χ0v) is 9.49. The topological polar surface area (TPSA) is 102 Å². The molecule has 0 unspecified atom stereocenters. The predicted octanol–water partition coefficient (Wildman–Crippen LogP) is 0.374. The van der Waals surface area contributed by atoms with Crippen LogP contribution in [0.3, 0.4) is 0 Å². The van der Waals surface area contributed by atoms with Crippen LogP contribution in [0, 0.1) is 13.8 Å². The molecule has 2 aromatic heterocycles. The van der Waals surface area contributed by atoms with Crippen molar-refractivity contribution in [2.24, 2.45) is 10.9 Å². The lowest BCUT2D eigenvalue weighted by Gasteiger charge is -2.07. The summed E-state index contributed by atoms with van der Waals surface area (Å²) in [4.78, 5) is 8.20. The zero-order valence-electron chi connectivity index (χ0n) is 9.49. The number of aromatic nitrogens is 4. The molecule has 2 aromatic rings. The normalized spacial score (nSPS) is 11.8. The lowest BCUT2D eigenvalue weighted by Crippen LogP contribution is -2.17. The lowest BCUT2D eigenvalue weighted by atomic mass is 10.2. The van der Waals surface area contributed by atoms with Crippen LogP contribution in [0.5, 0.6) is 0 Å². The Morgan fingerprint density at radius 2 is 2.24 bits per heavy atom. The van der Waals surface area contributed by atoms with Crippen LogP contribution in [0.2, 0.25) is 0 Å². The van der Waals surface area contributed by atoms with Crippen LogP contribution in [-0.4, -0.2) is 30.8 Å². The van der Waals surface area contributed by atoms with Crippen molar-refractivity contribution in [1.29, 1.82) is 0 Å². The van der Waals surface area contributed by atoms with Crippen molar-refractivity contribution in [3.8, 4) is 5.69 Å². The van der Waals surface area contributed by atoms with Gasteiger partial charge in [-0.1, -0.05) is 5.16 Å². The van der Waals surface area contributed by atoms with E-state index >= 15 is 0 Å². The van der Waals surface area contributed by atoms with Crippen LogP contribution in [-0.2, 0) is 0 Å². The van der Waals surface area contributed by atoms with E-state index in [1.165, 1.54) is 0 Å². The second-order valence-corrected chi connectivity index (χ2v) is 3.50. The molecule has 0 saturated heterocycles. The largest absolute Gasteiger partial charge is 0.409 e. The fourth-order valence-electron chi connectivity index (χ4n) is 1.57. The number of nitrogens with zero attached hydrogens (tertiary/aromatic N) is 5. The number of hydrogen-bond donors (Lipinski definition) is 2. The number of aryl methyl sites for hydroxylation is 2. The van der Waals surface area contributed by atoms with E-state index in [0.717, 1.165) is 0 Å². The van der Waals surface area contributed by atoms with Crippen molar-refractivity contribution >= 4 is 5.84 Å². The summed E-state index contributed by atoms with van der Waals surface area (Å²) < 4.78 is 1.61. The van der Waals surface area contributed by atoms with Gasteiger partial charge in [-0.15, -0.1) is 0 Å². The number of amidine groups is 1. The van der Waals surface area contributed by atoms with E-state index in [1.54, 1.807) is 30.1 Å². The van der Waals surface area contributed by atoms with Crippen LogP contribution in [0.1, 0.15) is 17.2 Å². The minimum absolute atomic E-state index is 0.00922. The minimum atomic E-state index is 0.00922. The predicted molar refractivity (Wildman–Crippen MR) is 61.1 cm³/mol. The molecule has 7 nitrogen and oxygen atoms in total. The van der Waals surface area contributed by atoms with E-state index in [-0.39, 0.29) is 5.84 Å². The highest BCUT2D eigenvalue weighted by Crippen LogP contribution is 2.13. The molecule has 0 aromatic carbocycles. The van der Waals surface area contributed by atoms with Crippen molar-refractivity contribution < 1.29 is 5.21 Å². The first kappa shape index (κ1) is 11.1. The standard InChI is InChI=1S/C10H12N6O/c1-6-13-7(2)16(14-6)9-5-12-4-3-8(9)10(11)15-17/h3-5,17H,1-2H3,(H2,11,15). The van der Waals surface area contributed by atoms with Gasteiger partial charge in [0.05, 0.1) is 11.9 Å². The molecule has 2 rings (SSSR count). The zero-order chi connectivity index (χ0) is 12.4. The van der Waals surface area contributed by atoms with Crippen LogP contribution in [0.25, 0.3) is 5.69 Å². The highest BCUT2D eigenvalue weighted by molar-refractivity contribution is 6.00. The molecule has 0 bridgehead atoms. The summed E-state index contributed by atoms with van der Waals surface area (Å²) in [5, 5.41) is 15.9. The summed E-state index contributed by atoms with van der Waals surface area (Å²) in [6.07, 6.45) is 3.16. The summed E-state index contributed by atoms with van der Waals surface area (Å²) in [6.45, 7) is 3.62.